The first-order chi connectivity index (χ1) is 8.71. The van der Waals surface area contributed by atoms with Gasteiger partial charge in [0.25, 0.3) is 0 Å². The van der Waals surface area contributed by atoms with Crippen LogP contribution in [0.25, 0.3) is 0 Å². The average molecular weight is 340 g/mol. The lowest BCUT2D eigenvalue weighted by Gasteiger charge is -2.20. The van der Waals surface area contributed by atoms with Crippen LogP contribution >= 0.6 is 15.9 Å². The molecule has 0 heterocycles. The third kappa shape index (κ3) is 4.83. The molecular formula is C12H13BrF3NO2. The number of rotatable bonds is 5. The molecule has 0 aliphatic heterocycles. The van der Waals surface area contributed by atoms with Crippen LogP contribution in [-0.4, -0.2) is 23.8 Å². The van der Waals surface area contributed by atoms with Gasteiger partial charge in [-0.1, -0.05) is 28.1 Å². The second-order valence-electron chi connectivity index (χ2n) is 4.12. The van der Waals surface area contributed by atoms with E-state index in [1.165, 1.54) is 0 Å². The number of benzene rings is 1. The molecule has 1 rings (SSSR count). The highest BCUT2D eigenvalue weighted by atomic mass is 79.9. The van der Waals surface area contributed by atoms with Gasteiger partial charge in [-0.3, -0.25) is 4.79 Å². The molecule has 0 saturated heterocycles. The fourth-order valence-corrected chi connectivity index (χ4v) is 1.95. The number of carbonyl (C=O) groups is 1. The van der Waals surface area contributed by atoms with Crippen LogP contribution in [0.5, 0.6) is 0 Å². The number of hydrogen-bond acceptors (Lipinski definition) is 2. The topological polar surface area (TPSA) is 49.3 Å². The first kappa shape index (κ1) is 16.0. The quantitative estimate of drug-likeness (QED) is 0.864. The first-order valence-electron chi connectivity index (χ1n) is 5.50. The Morgan fingerprint density at radius 1 is 1.47 bits per heavy atom. The highest BCUT2D eigenvalue weighted by molar-refractivity contribution is 9.10. The zero-order valence-corrected chi connectivity index (χ0v) is 11.6. The van der Waals surface area contributed by atoms with E-state index >= 15 is 0 Å². The number of hydrogen-bond donors (Lipinski definition) is 2. The summed E-state index contributed by atoms with van der Waals surface area (Å²) < 4.78 is 38.2. The van der Waals surface area contributed by atoms with Gasteiger partial charge >= 0.3 is 12.1 Å². The maximum atomic E-state index is 12.5. The second kappa shape index (κ2) is 6.38. The van der Waals surface area contributed by atoms with Gasteiger partial charge in [0, 0.05) is 17.1 Å². The van der Waals surface area contributed by atoms with Gasteiger partial charge in [0.05, 0.1) is 0 Å². The molecular weight excluding hydrogens is 327 g/mol. The molecule has 106 valence electrons. The fraction of sp³-hybridized carbons (Fsp3) is 0.417. The molecule has 0 fully saturated rings. The van der Waals surface area contributed by atoms with E-state index in [0.717, 1.165) is 10.0 Å². The molecule has 1 aromatic carbocycles. The summed E-state index contributed by atoms with van der Waals surface area (Å²) in [4.78, 5) is 10.6. The number of carboxylic acids is 1. The van der Waals surface area contributed by atoms with Crippen molar-refractivity contribution in [3.8, 4) is 0 Å². The minimum atomic E-state index is -4.75. The lowest BCUT2D eigenvalue weighted by Crippen LogP contribution is -2.39. The number of carboxylic acid groups (broad SMARTS) is 1. The van der Waals surface area contributed by atoms with Crippen molar-refractivity contribution in [1.29, 1.82) is 0 Å². The minimum absolute atomic E-state index is 0.373. The van der Waals surface area contributed by atoms with Crippen LogP contribution in [0, 0.1) is 5.92 Å². The molecule has 0 aromatic heterocycles. The van der Waals surface area contributed by atoms with E-state index in [1.54, 1.807) is 31.2 Å². The Bertz CT molecular complexity index is 451. The summed E-state index contributed by atoms with van der Waals surface area (Å²) in [5.41, 5.74) is 0.778. The molecule has 2 unspecified atom stereocenters. The molecule has 0 spiro atoms. The Labute approximate surface area is 116 Å². The van der Waals surface area contributed by atoms with Crippen LogP contribution < -0.4 is 5.32 Å². The van der Waals surface area contributed by atoms with Crippen molar-refractivity contribution in [2.24, 2.45) is 5.92 Å². The van der Waals surface area contributed by atoms with E-state index in [4.69, 9.17) is 5.11 Å². The summed E-state index contributed by atoms with van der Waals surface area (Å²) in [5.74, 6) is -4.27. The second-order valence-corrected chi connectivity index (χ2v) is 5.03. The molecule has 0 saturated carbocycles. The predicted molar refractivity (Wildman–Crippen MR) is 67.7 cm³/mol. The van der Waals surface area contributed by atoms with Crippen molar-refractivity contribution in [3.05, 3.63) is 34.3 Å². The van der Waals surface area contributed by atoms with Crippen molar-refractivity contribution < 1.29 is 23.1 Å². The molecule has 0 aliphatic rings. The standard InChI is InChI=1S/C12H13BrF3NO2/c1-7(8-3-2-4-9(13)5-8)17-6-10(11(18)19)12(14,15)16/h2-5,7,10,17H,6H2,1H3,(H,18,19). The average Bonchev–Trinajstić information content (AvgIpc) is 2.26. The Morgan fingerprint density at radius 2 is 2.11 bits per heavy atom. The number of aliphatic carboxylic acids is 1. The van der Waals surface area contributed by atoms with E-state index in [0.29, 0.717) is 0 Å². The summed E-state index contributed by atoms with van der Waals surface area (Å²) in [6, 6.07) is 6.70. The van der Waals surface area contributed by atoms with Crippen LogP contribution in [0.1, 0.15) is 18.5 Å². The van der Waals surface area contributed by atoms with E-state index in [-0.39, 0.29) is 6.04 Å². The van der Waals surface area contributed by atoms with E-state index < -0.39 is 24.6 Å². The Hall–Kier alpha value is -1.08. The first-order valence-corrected chi connectivity index (χ1v) is 6.29. The molecule has 2 N–H and O–H groups in total. The zero-order valence-electron chi connectivity index (χ0n) is 10.0. The van der Waals surface area contributed by atoms with E-state index in [9.17, 15) is 18.0 Å². The lowest BCUT2D eigenvalue weighted by molar-refractivity contribution is -0.192. The van der Waals surface area contributed by atoms with Gasteiger partial charge in [0.1, 0.15) is 0 Å². The van der Waals surface area contributed by atoms with Gasteiger partial charge in [-0.2, -0.15) is 13.2 Å². The van der Waals surface area contributed by atoms with Crippen molar-refractivity contribution in [2.75, 3.05) is 6.54 Å². The lowest BCUT2D eigenvalue weighted by atomic mass is 10.1. The molecule has 0 aliphatic carbocycles. The monoisotopic (exact) mass is 339 g/mol. The SMILES string of the molecule is CC(NCC(C(=O)O)C(F)(F)F)c1cccc(Br)c1. The Balaban J connectivity index is 2.67. The predicted octanol–water partition coefficient (Wildman–Crippen LogP) is 3.36. The van der Waals surface area contributed by atoms with Gasteiger partial charge in [0.2, 0.25) is 0 Å². The molecule has 19 heavy (non-hydrogen) atoms. The Morgan fingerprint density at radius 3 is 2.58 bits per heavy atom. The van der Waals surface area contributed by atoms with Gasteiger partial charge in [-0.05, 0) is 24.6 Å². The molecule has 0 radical (unpaired) electrons. The Kier molecular flexibility index (Phi) is 5.37. The third-order valence-electron chi connectivity index (χ3n) is 2.67. The normalized spacial score (nSPS) is 15.0. The van der Waals surface area contributed by atoms with Crippen molar-refractivity contribution in [1.82, 2.24) is 5.32 Å². The van der Waals surface area contributed by atoms with E-state index in [1.807, 2.05) is 0 Å². The third-order valence-corrected chi connectivity index (χ3v) is 3.16. The summed E-state index contributed by atoms with van der Waals surface area (Å²) in [6.45, 7) is 1.02. The smallest absolute Gasteiger partial charge is 0.403 e. The van der Waals surface area contributed by atoms with Crippen molar-refractivity contribution >= 4 is 21.9 Å². The molecule has 1 aromatic rings. The van der Waals surface area contributed by atoms with Crippen LogP contribution in [0.2, 0.25) is 0 Å². The molecule has 0 bridgehead atoms. The maximum Gasteiger partial charge on any atom is 0.403 e. The van der Waals surface area contributed by atoms with Gasteiger partial charge in [0.15, 0.2) is 5.92 Å². The number of alkyl halides is 3. The maximum absolute atomic E-state index is 12.5. The molecule has 3 nitrogen and oxygen atoms in total. The highest BCUT2D eigenvalue weighted by Crippen LogP contribution is 2.27. The largest absolute Gasteiger partial charge is 0.481 e. The minimum Gasteiger partial charge on any atom is -0.481 e. The van der Waals surface area contributed by atoms with Gasteiger partial charge < -0.3 is 10.4 Å². The van der Waals surface area contributed by atoms with Crippen LogP contribution in [0.4, 0.5) is 13.2 Å². The molecule has 2 atom stereocenters. The number of nitrogens with one attached hydrogen (secondary N) is 1. The molecule has 7 heteroatoms. The van der Waals surface area contributed by atoms with Crippen molar-refractivity contribution in [3.63, 3.8) is 0 Å². The van der Waals surface area contributed by atoms with E-state index in [2.05, 4.69) is 21.2 Å². The van der Waals surface area contributed by atoms with Gasteiger partial charge in [-0.15, -0.1) is 0 Å². The summed E-state index contributed by atoms with van der Waals surface area (Å²) in [6.07, 6.45) is -4.75. The number of halogens is 4. The van der Waals surface area contributed by atoms with Crippen LogP contribution in [0.3, 0.4) is 0 Å². The summed E-state index contributed by atoms with van der Waals surface area (Å²) in [7, 11) is 0. The fourth-order valence-electron chi connectivity index (χ4n) is 1.53. The molecule has 0 amide bonds. The highest BCUT2D eigenvalue weighted by Gasteiger charge is 2.44. The summed E-state index contributed by atoms with van der Waals surface area (Å²) >= 11 is 3.26. The van der Waals surface area contributed by atoms with Gasteiger partial charge in [-0.25, -0.2) is 0 Å². The van der Waals surface area contributed by atoms with Crippen LogP contribution in [0.15, 0.2) is 28.7 Å². The summed E-state index contributed by atoms with van der Waals surface area (Å²) in [5, 5.41) is 11.2. The van der Waals surface area contributed by atoms with Crippen molar-refractivity contribution in [2.45, 2.75) is 19.1 Å². The zero-order chi connectivity index (χ0) is 14.6. The van der Waals surface area contributed by atoms with Crippen LogP contribution in [-0.2, 0) is 4.79 Å².